The number of hydrogen-bond donors (Lipinski definition) is 0. The summed E-state index contributed by atoms with van der Waals surface area (Å²) in [4.78, 5) is 0. The van der Waals surface area contributed by atoms with Gasteiger partial charge in [-0.3, -0.25) is 0 Å². The van der Waals surface area contributed by atoms with Crippen LogP contribution in [0.4, 0.5) is 0 Å². The molecule has 0 aliphatic rings. The van der Waals surface area contributed by atoms with Crippen molar-refractivity contribution in [2.45, 2.75) is 6.92 Å². The van der Waals surface area contributed by atoms with Crippen molar-refractivity contribution in [2.75, 3.05) is 0 Å². The molecule has 11 heavy (non-hydrogen) atoms. The summed E-state index contributed by atoms with van der Waals surface area (Å²) in [6.07, 6.45) is 0. The third-order valence-electron chi connectivity index (χ3n) is 0.885. The van der Waals surface area contributed by atoms with Crippen molar-refractivity contribution in [3.8, 4) is 0 Å². The molecule has 0 aromatic heterocycles. The van der Waals surface area contributed by atoms with Gasteiger partial charge in [0.1, 0.15) is 0 Å². The predicted molar refractivity (Wildman–Crippen MR) is 51.8 cm³/mol. The molecule has 0 amide bonds. The Bertz CT molecular complexity index is 144. The minimum absolute atomic E-state index is 0. The van der Waals surface area contributed by atoms with E-state index in [1.807, 2.05) is 24.3 Å². The molecule has 64 valence electrons. The van der Waals surface area contributed by atoms with Crippen LogP contribution < -0.4 is 0 Å². The van der Waals surface area contributed by atoms with Gasteiger partial charge in [-0.1, -0.05) is 6.92 Å². The van der Waals surface area contributed by atoms with Gasteiger partial charge in [0.2, 0.25) is 0 Å². The molecule has 1 aromatic carbocycles. The van der Waals surface area contributed by atoms with Gasteiger partial charge in [0.25, 0.3) is 0 Å². The Labute approximate surface area is 101 Å². The summed E-state index contributed by atoms with van der Waals surface area (Å²) in [5.74, 6) is 0. The van der Waals surface area contributed by atoms with Crippen molar-refractivity contribution in [3.63, 3.8) is 0 Å². The standard InChI is InChI=1S/C7H7.3ClH.Ti/c1-7-5-3-2-4-6-7;;;;/h3-6H,1H3;3*1H;/q-1;;;;. The summed E-state index contributed by atoms with van der Waals surface area (Å²) in [5.41, 5.74) is 1.29. The molecule has 0 N–H and O–H groups in total. The van der Waals surface area contributed by atoms with Crippen molar-refractivity contribution < 1.29 is 21.7 Å². The minimum Gasteiger partial charge on any atom is -0.184 e. The topological polar surface area (TPSA) is 0 Å². The van der Waals surface area contributed by atoms with Gasteiger partial charge in [-0.2, -0.15) is 35.9 Å². The molecule has 0 saturated heterocycles. The molecule has 4 heteroatoms. The molecule has 0 spiro atoms. The molecular formula is C7H10Cl3Ti-. The van der Waals surface area contributed by atoms with Gasteiger partial charge in [-0.25, -0.2) is 0 Å². The predicted octanol–water partition coefficient (Wildman–Crippen LogP) is 3.06. The third kappa shape index (κ3) is 10.8. The van der Waals surface area contributed by atoms with Gasteiger partial charge >= 0.3 is 0 Å². The zero-order chi connectivity index (χ0) is 5.11. The Kier molecular flexibility index (Phi) is 27.6. The van der Waals surface area contributed by atoms with Crippen molar-refractivity contribution in [1.29, 1.82) is 0 Å². The Morgan fingerprint density at radius 3 is 1.55 bits per heavy atom. The van der Waals surface area contributed by atoms with Crippen LogP contribution in [0.15, 0.2) is 24.3 Å². The smallest absolute Gasteiger partial charge is 0 e. The maximum absolute atomic E-state index is 2.93. The van der Waals surface area contributed by atoms with Crippen LogP contribution in [0.1, 0.15) is 5.56 Å². The molecule has 0 nitrogen and oxygen atoms in total. The van der Waals surface area contributed by atoms with Gasteiger partial charge in [-0.15, -0.1) is 37.2 Å². The molecule has 0 radical (unpaired) electrons. The first-order valence-electron chi connectivity index (χ1n) is 2.32. The first kappa shape index (κ1) is 22.6. The quantitative estimate of drug-likeness (QED) is 0.489. The Hall–Kier alpha value is 0.804. The second-order valence-electron chi connectivity index (χ2n) is 1.58. The number of hydrogen-bond acceptors (Lipinski definition) is 0. The van der Waals surface area contributed by atoms with Crippen LogP contribution in [-0.2, 0) is 21.7 Å². The van der Waals surface area contributed by atoms with Crippen LogP contribution >= 0.6 is 37.2 Å². The number of rotatable bonds is 0. The molecule has 1 rings (SSSR count). The van der Waals surface area contributed by atoms with Crippen LogP contribution in [-0.4, -0.2) is 0 Å². The second-order valence-corrected chi connectivity index (χ2v) is 1.58. The fourth-order valence-electron chi connectivity index (χ4n) is 0.470. The molecular weight excluding hydrogens is 238 g/mol. The fraction of sp³-hybridized carbons (Fsp3) is 0.143. The van der Waals surface area contributed by atoms with Gasteiger partial charge in [0.15, 0.2) is 0 Å². The van der Waals surface area contributed by atoms with Crippen LogP contribution in [0.5, 0.6) is 0 Å². The monoisotopic (exact) mass is 247 g/mol. The van der Waals surface area contributed by atoms with E-state index in [0.717, 1.165) is 0 Å². The summed E-state index contributed by atoms with van der Waals surface area (Å²) in [6.45, 7) is 2.06. The van der Waals surface area contributed by atoms with Crippen molar-refractivity contribution in [2.24, 2.45) is 0 Å². The normalized spacial score (nSPS) is 5.55. The first-order chi connectivity index (χ1) is 3.39. The largest absolute Gasteiger partial charge is 0.184 e. The maximum atomic E-state index is 2.93. The van der Waals surface area contributed by atoms with E-state index in [4.69, 9.17) is 0 Å². The van der Waals surface area contributed by atoms with E-state index in [1.54, 1.807) is 0 Å². The third-order valence-corrected chi connectivity index (χ3v) is 0.885. The number of halogens is 3. The average molecular weight is 248 g/mol. The van der Waals surface area contributed by atoms with Gasteiger partial charge in [0.05, 0.1) is 0 Å². The molecule has 0 fully saturated rings. The van der Waals surface area contributed by atoms with E-state index in [-0.39, 0.29) is 58.9 Å². The molecule has 1 aromatic rings. The fourth-order valence-corrected chi connectivity index (χ4v) is 0.470. The van der Waals surface area contributed by atoms with Crippen molar-refractivity contribution >= 4 is 37.2 Å². The van der Waals surface area contributed by atoms with E-state index < -0.39 is 0 Å². The van der Waals surface area contributed by atoms with E-state index in [0.29, 0.717) is 0 Å². The molecule has 0 aliphatic carbocycles. The summed E-state index contributed by atoms with van der Waals surface area (Å²) < 4.78 is 0. The Morgan fingerprint density at radius 2 is 1.36 bits per heavy atom. The van der Waals surface area contributed by atoms with Gasteiger partial charge < -0.3 is 0 Å². The van der Waals surface area contributed by atoms with E-state index in [1.165, 1.54) is 5.56 Å². The average Bonchev–Trinajstić information content (AvgIpc) is 1.69. The van der Waals surface area contributed by atoms with E-state index >= 15 is 0 Å². The van der Waals surface area contributed by atoms with E-state index in [9.17, 15) is 0 Å². The SMILES string of the molecule is Cc1cc[c-]cc1.Cl.Cl.Cl.[Ti]. The Balaban J connectivity index is -0.0000000612. The van der Waals surface area contributed by atoms with Gasteiger partial charge in [-0.05, 0) is 0 Å². The zero-order valence-electron chi connectivity index (χ0n) is 6.03. The maximum Gasteiger partial charge on any atom is 0 e. The Morgan fingerprint density at radius 1 is 1.00 bits per heavy atom. The van der Waals surface area contributed by atoms with E-state index in [2.05, 4.69) is 13.0 Å². The summed E-state index contributed by atoms with van der Waals surface area (Å²) in [7, 11) is 0. The number of aryl methyl sites for hydroxylation is 1. The molecule has 0 bridgehead atoms. The second kappa shape index (κ2) is 13.4. The number of benzene rings is 1. The summed E-state index contributed by atoms with van der Waals surface area (Å²) >= 11 is 0. The summed E-state index contributed by atoms with van der Waals surface area (Å²) in [5, 5.41) is 0. The molecule has 0 saturated carbocycles. The van der Waals surface area contributed by atoms with Gasteiger partial charge in [0, 0.05) is 21.7 Å². The van der Waals surface area contributed by atoms with Crippen molar-refractivity contribution in [1.82, 2.24) is 0 Å². The summed E-state index contributed by atoms with van der Waals surface area (Å²) in [6, 6.07) is 10.8. The zero-order valence-corrected chi connectivity index (χ0v) is 10.0. The van der Waals surface area contributed by atoms with Crippen LogP contribution in [0.3, 0.4) is 0 Å². The molecule has 0 heterocycles. The first-order valence-corrected chi connectivity index (χ1v) is 2.32. The van der Waals surface area contributed by atoms with Crippen molar-refractivity contribution in [3.05, 3.63) is 35.9 Å². The molecule has 0 unspecified atom stereocenters. The van der Waals surface area contributed by atoms with Crippen LogP contribution in [0, 0.1) is 13.0 Å². The minimum atomic E-state index is 0. The molecule has 0 aliphatic heterocycles. The molecule has 0 atom stereocenters. The van der Waals surface area contributed by atoms with Crippen LogP contribution in [0.25, 0.3) is 0 Å². The van der Waals surface area contributed by atoms with Crippen LogP contribution in [0.2, 0.25) is 0 Å².